The number of carbonyl (C=O) groups excluding carboxylic acids is 1. The Kier molecular flexibility index (Phi) is 8.02. The van der Waals surface area contributed by atoms with E-state index in [1.807, 2.05) is 12.1 Å². The normalized spacial score (nSPS) is 11.4. The average Bonchev–Trinajstić information content (AvgIpc) is 2.71. The first-order valence-electron chi connectivity index (χ1n) is 9.55. The molecule has 6 nitrogen and oxygen atoms in total. The monoisotopic (exact) mass is 403 g/mol. The van der Waals surface area contributed by atoms with E-state index in [-0.39, 0.29) is 16.7 Å². The highest BCUT2D eigenvalue weighted by molar-refractivity contribution is 7.91. The van der Waals surface area contributed by atoms with Crippen LogP contribution < -0.4 is 10.6 Å². The van der Waals surface area contributed by atoms with Gasteiger partial charge in [0.25, 0.3) is 0 Å². The largest absolute Gasteiger partial charge is 0.334 e. The fourth-order valence-electron chi connectivity index (χ4n) is 2.76. The molecule has 0 heterocycles. The van der Waals surface area contributed by atoms with Crippen LogP contribution in [0.1, 0.15) is 31.9 Å². The summed E-state index contributed by atoms with van der Waals surface area (Å²) in [4.78, 5) is 14.7. The first kappa shape index (κ1) is 21.9. The van der Waals surface area contributed by atoms with Crippen LogP contribution in [-0.2, 0) is 22.9 Å². The number of hydrogen-bond acceptors (Lipinski definition) is 4. The number of nitrogens with one attached hydrogen (secondary N) is 2. The second-order valence-electron chi connectivity index (χ2n) is 6.52. The summed E-state index contributed by atoms with van der Waals surface area (Å²) in [5.41, 5.74) is 2.69. The van der Waals surface area contributed by atoms with Crippen molar-refractivity contribution in [3.8, 4) is 0 Å². The van der Waals surface area contributed by atoms with E-state index in [1.165, 1.54) is 17.7 Å². The van der Waals surface area contributed by atoms with Crippen LogP contribution in [0.5, 0.6) is 0 Å². The predicted molar refractivity (Wildman–Crippen MR) is 113 cm³/mol. The Labute approximate surface area is 167 Å². The Hall–Kier alpha value is -2.38. The van der Waals surface area contributed by atoms with E-state index in [1.54, 1.807) is 19.1 Å². The van der Waals surface area contributed by atoms with Gasteiger partial charge in [-0.2, -0.15) is 0 Å². The molecular weight excluding hydrogens is 374 g/mol. The first-order valence-corrected chi connectivity index (χ1v) is 11.2. The number of urea groups is 1. The predicted octanol–water partition coefficient (Wildman–Crippen LogP) is 3.64. The molecule has 0 aromatic heterocycles. The third kappa shape index (κ3) is 6.35. The van der Waals surface area contributed by atoms with E-state index in [9.17, 15) is 13.2 Å². The van der Waals surface area contributed by atoms with Gasteiger partial charge in [-0.1, -0.05) is 51.1 Å². The van der Waals surface area contributed by atoms with Gasteiger partial charge in [0.15, 0.2) is 9.84 Å². The van der Waals surface area contributed by atoms with Crippen molar-refractivity contribution in [2.45, 2.75) is 38.8 Å². The lowest BCUT2D eigenvalue weighted by Gasteiger charge is -2.18. The summed E-state index contributed by atoms with van der Waals surface area (Å²) in [5, 5.41) is 5.47. The third-order valence-electron chi connectivity index (χ3n) is 4.61. The summed E-state index contributed by atoms with van der Waals surface area (Å²) in [6, 6.07) is 14.1. The molecule has 0 atom stereocenters. The highest BCUT2D eigenvalue weighted by Gasteiger charge is 2.12. The van der Waals surface area contributed by atoms with E-state index in [0.717, 1.165) is 25.2 Å². The van der Waals surface area contributed by atoms with Gasteiger partial charge in [0.05, 0.1) is 10.6 Å². The molecular formula is C21H29N3O3S. The molecule has 152 valence electrons. The number of hydrogen-bond donors (Lipinski definition) is 2. The Bertz CT molecular complexity index is 876. The summed E-state index contributed by atoms with van der Waals surface area (Å²) < 4.78 is 23.9. The third-order valence-corrected chi connectivity index (χ3v) is 6.34. The van der Waals surface area contributed by atoms with Crippen LogP contribution in [0, 0.1) is 0 Å². The minimum absolute atomic E-state index is 0.0208. The van der Waals surface area contributed by atoms with Gasteiger partial charge in [0.1, 0.15) is 0 Å². The second-order valence-corrected chi connectivity index (χ2v) is 8.80. The standard InChI is InChI=1S/C21H29N3O3S/c1-4-24(5-2)16-18-12-10-17(11-13-18)15-22-21(25)23-19-8-7-9-20(14-19)28(26,27)6-3/h7-14H,4-6,15-16H2,1-3H3,(H2,22,23,25). The molecule has 0 saturated carbocycles. The van der Waals surface area contributed by atoms with Crippen LogP contribution in [-0.4, -0.2) is 38.2 Å². The number of sulfone groups is 1. The van der Waals surface area contributed by atoms with E-state index >= 15 is 0 Å². The fourth-order valence-corrected chi connectivity index (χ4v) is 3.69. The molecule has 0 aliphatic heterocycles. The first-order chi connectivity index (χ1) is 13.4. The Morgan fingerprint density at radius 3 is 2.21 bits per heavy atom. The van der Waals surface area contributed by atoms with Crippen molar-refractivity contribution in [3.63, 3.8) is 0 Å². The van der Waals surface area contributed by atoms with Gasteiger partial charge >= 0.3 is 6.03 Å². The van der Waals surface area contributed by atoms with E-state index in [4.69, 9.17) is 0 Å². The van der Waals surface area contributed by atoms with Crippen molar-refractivity contribution >= 4 is 21.6 Å². The number of carbonyl (C=O) groups is 1. The van der Waals surface area contributed by atoms with Crippen molar-refractivity contribution in [1.82, 2.24) is 10.2 Å². The van der Waals surface area contributed by atoms with Gasteiger partial charge in [-0.15, -0.1) is 0 Å². The van der Waals surface area contributed by atoms with Crippen LogP contribution in [0.3, 0.4) is 0 Å². The van der Waals surface area contributed by atoms with Crippen LogP contribution in [0.2, 0.25) is 0 Å². The van der Waals surface area contributed by atoms with E-state index in [2.05, 4.69) is 41.5 Å². The Balaban J connectivity index is 1.90. The maximum absolute atomic E-state index is 12.1. The van der Waals surface area contributed by atoms with Gasteiger partial charge in [-0.25, -0.2) is 13.2 Å². The zero-order chi connectivity index (χ0) is 20.6. The fraction of sp³-hybridized carbons (Fsp3) is 0.381. The second kappa shape index (κ2) is 10.2. The maximum atomic E-state index is 12.1. The number of anilines is 1. The minimum atomic E-state index is -3.30. The molecule has 2 aromatic rings. The zero-order valence-electron chi connectivity index (χ0n) is 16.7. The molecule has 0 spiro atoms. The summed E-state index contributed by atoms with van der Waals surface area (Å²) in [7, 11) is -3.30. The quantitative estimate of drug-likeness (QED) is 0.670. The zero-order valence-corrected chi connectivity index (χ0v) is 17.6. The van der Waals surface area contributed by atoms with Crippen LogP contribution >= 0.6 is 0 Å². The van der Waals surface area contributed by atoms with Gasteiger partial charge in [0.2, 0.25) is 0 Å². The topological polar surface area (TPSA) is 78.5 Å². The maximum Gasteiger partial charge on any atom is 0.319 e. The molecule has 0 radical (unpaired) electrons. The SMILES string of the molecule is CCN(CC)Cc1ccc(CNC(=O)Nc2cccc(S(=O)(=O)CC)c2)cc1. The molecule has 2 N–H and O–H groups in total. The van der Waals surface area contributed by atoms with Crippen molar-refractivity contribution in [1.29, 1.82) is 0 Å². The van der Waals surface area contributed by atoms with Gasteiger partial charge in [0, 0.05) is 18.8 Å². The van der Waals surface area contributed by atoms with Crippen LogP contribution in [0.4, 0.5) is 10.5 Å². The van der Waals surface area contributed by atoms with Gasteiger partial charge in [-0.05, 0) is 42.4 Å². The van der Waals surface area contributed by atoms with Gasteiger partial charge < -0.3 is 10.6 Å². The summed E-state index contributed by atoms with van der Waals surface area (Å²) in [5.74, 6) is 0.0208. The lowest BCUT2D eigenvalue weighted by molar-refractivity contribution is 0.251. The van der Waals surface area contributed by atoms with Crippen molar-refractivity contribution in [3.05, 3.63) is 59.7 Å². The molecule has 0 aliphatic rings. The number of benzene rings is 2. The number of rotatable bonds is 9. The van der Waals surface area contributed by atoms with Crippen LogP contribution in [0.15, 0.2) is 53.4 Å². The van der Waals surface area contributed by atoms with E-state index < -0.39 is 9.84 Å². The summed E-state index contributed by atoms with van der Waals surface area (Å²) in [6.45, 7) is 9.22. The lowest BCUT2D eigenvalue weighted by Crippen LogP contribution is -2.28. The molecule has 2 amide bonds. The molecule has 0 unspecified atom stereocenters. The molecule has 0 bridgehead atoms. The molecule has 28 heavy (non-hydrogen) atoms. The molecule has 2 rings (SSSR count). The molecule has 0 aliphatic carbocycles. The molecule has 2 aromatic carbocycles. The Morgan fingerprint density at radius 2 is 1.61 bits per heavy atom. The van der Waals surface area contributed by atoms with Crippen molar-refractivity contribution in [2.24, 2.45) is 0 Å². The van der Waals surface area contributed by atoms with Crippen molar-refractivity contribution < 1.29 is 13.2 Å². The van der Waals surface area contributed by atoms with Crippen molar-refractivity contribution in [2.75, 3.05) is 24.2 Å². The molecule has 7 heteroatoms. The van der Waals surface area contributed by atoms with Crippen LogP contribution in [0.25, 0.3) is 0 Å². The molecule has 0 saturated heterocycles. The highest BCUT2D eigenvalue weighted by Crippen LogP contribution is 2.16. The number of nitrogens with zero attached hydrogens (tertiary/aromatic N) is 1. The average molecular weight is 404 g/mol. The number of amides is 2. The Morgan fingerprint density at radius 1 is 0.964 bits per heavy atom. The molecule has 0 fully saturated rings. The van der Waals surface area contributed by atoms with Gasteiger partial charge in [-0.3, -0.25) is 4.90 Å². The van der Waals surface area contributed by atoms with E-state index in [0.29, 0.717) is 12.2 Å². The highest BCUT2D eigenvalue weighted by atomic mass is 32.2. The lowest BCUT2D eigenvalue weighted by atomic mass is 10.1. The minimum Gasteiger partial charge on any atom is -0.334 e. The summed E-state index contributed by atoms with van der Waals surface area (Å²) >= 11 is 0. The smallest absolute Gasteiger partial charge is 0.319 e. The summed E-state index contributed by atoms with van der Waals surface area (Å²) in [6.07, 6.45) is 0.